The van der Waals surface area contributed by atoms with Gasteiger partial charge in [-0.25, -0.2) is 17.2 Å². The van der Waals surface area contributed by atoms with E-state index in [0.29, 0.717) is 6.07 Å². The maximum absolute atomic E-state index is 14.1. The van der Waals surface area contributed by atoms with Gasteiger partial charge in [-0.1, -0.05) is 18.2 Å². The van der Waals surface area contributed by atoms with E-state index in [1.165, 1.54) is 6.07 Å². The first-order valence-corrected chi connectivity index (χ1v) is 11.3. The first-order valence-electron chi connectivity index (χ1n) is 9.37. The largest absolute Gasteiger partial charge is 0.452 e. The number of anilines is 2. The van der Waals surface area contributed by atoms with Crippen LogP contribution in [-0.2, 0) is 16.4 Å². The molecule has 3 aromatic carbocycles. The summed E-state index contributed by atoms with van der Waals surface area (Å²) in [5.74, 6) is -1.65. The molecule has 1 aliphatic rings. The van der Waals surface area contributed by atoms with Gasteiger partial charge in [0.05, 0.1) is 18.0 Å². The van der Waals surface area contributed by atoms with Crippen LogP contribution in [0.15, 0.2) is 60.7 Å². The van der Waals surface area contributed by atoms with Gasteiger partial charge in [0, 0.05) is 11.8 Å². The Balaban J connectivity index is 1.72. The number of hydrogen-bond acceptors (Lipinski definition) is 4. The molecule has 30 heavy (non-hydrogen) atoms. The molecule has 0 aliphatic heterocycles. The third-order valence-corrected chi connectivity index (χ3v) is 5.43. The maximum Gasteiger partial charge on any atom is 0.229 e. The summed E-state index contributed by atoms with van der Waals surface area (Å²) in [5.41, 5.74) is 3.08. The minimum Gasteiger partial charge on any atom is -0.452 e. The second-order valence-electron chi connectivity index (χ2n) is 7.20. The van der Waals surface area contributed by atoms with Crippen LogP contribution in [0.2, 0.25) is 0 Å². The Morgan fingerprint density at radius 1 is 1.00 bits per heavy atom. The van der Waals surface area contributed by atoms with Crippen molar-refractivity contribution in [2.24, 2.45) is 0 Å². The van der Waals surface area contributed by atoms with Crippen molar-refractivity contribution >= 4 is 21.4 Å². The van der Waals surface area contributed by atoms with Crippen molar-refractivity contribution < 1.29 is 21.9 Å². The zero-order chi connectivity index (χ0) is 21.3. The fourth-order valence-electron chi connectivity index (χ4n) is 3.56. The normalized spacial score (nSPS) is 15.5. The minimum atomic E-state index is -3.59. The topological polar surface area (TPSA) is 67.4 Å². The van der Waals surface area contributed by atoms with E-state index in [9.17, 15) is 17.2 Å². The summed E-state index contributed by atoms with van der Waals surface area (Å²) in [7, 11) is -3.59. The molecule has 5 nitrogen and oxygen atoms in total. The molecule has 8 heteroatoms. The minimum absolute atomic E-state index is 0.00454. The molecule has 0 amide bonds. The highest BCUT2D eigenvalue weighted by Crippen LogP contribution is 2.42. The summed E-state index contributed by atoms with van der Waals surface area (Å²) in [6, 6.07) is 16.1. The predicted molar refractivity (Wildman–Crippen MR) is 112 cm³/mol. The molecule has 0 spiro atoms. The lowest BCUT2D eigenvalue weighted by Gasteiger charge is -2.19. The monoisotopic (exact) mass is 430 g/mol. The SMILES string of the molecule is CS(=O)(=O)Nc1cc2c(cc1Oc1ccc(F)cc1F)C(Nc1ccccc1)CC2. The summed E-state index contributed by atoms with van der Waals surface area (Å²) >= 11 is 0. The van der Waals surface area contributed by atoms with Crippen molar-refractivity contribution in [3.63, 3.8) is 0 Å². The van der Waals surface area contributed by atoms with Gasteiger partial charge < -0.3 is 10.1 Å². The van der Waals surface area contributed by atoms with Crippen LogP contribution in [0.25, 0.3) is 0 Å². The molecule has 0 saturated carbocycles. The molecule has 0 fully saturated rings. The molecule has 2 N–H and O–H groups in total. The Morgan fingerprint density at radius 3 is 2.47 bits per heavy atom. The Morgan fingerprint density at radius 2 is 1.77 bits per heavy atom. The molecule has 1 aliphatic carbocycles. The quantitative estimate of drug-likeness (QED) is 0.562. The van der Waals surface area contributed by atoms with E-state index in [-0.39, 0.29) is 23.2 Å². The smallest absolute Gasteiger partial charge is 0.229 e. The number of nitrogens with one attached hydrogen (secondary N) is 2. The number of sulfonamides is 1. The van der Waals surface area contributed by atoms with Crippen LogP contribution < -0.4 is 14.8 Å². The van der Waals surface area contributed by atoms with E-state index in [2.05, 4.69) is 10.0 Å². The third-order valence-electron chi connectivity index (χ3n) is 4.84. The van der Waals surface area contributed by atoms with E-state index < -0.39 is 21.7 Å². The molecule has 0 heterocycles. The van der Waals surface area contributed by atoms with Gasteiger partial charge in [-0.2, -0.15) is 0 Å². The number of rotatable bonds is 6. The summed E-state index contributed by atoms with van der Waals surface area (Å²) in [5, 5.41) is 3.46. The molecule has 1 atom stereocenters. The highest BCUT2D eigenvalue weighted by Gasteiger charge is 2.26. The van der Waals surface area contributed by atoms with E-state index in [0.717, 1.165) is 42.0 Å². The lowest BCUT2D eigenvalue weighted by molar-refractivity contribution is 0.439. The predicted octanol–water partition coefficient (Wildman–Crippen LogP) is 5.23. The Bertz CT molecular complexity index is 1180. The lowest BCUT2D eigenvalue weighted by Crippen LogP contribution is -2.12. The standard InChI is InChI=1S/C22H20F2N2O3S/c1-30(27,28)26-20-11-14-7-9-19(25-16-5-3-2-4-6-16)17(14)13-22(20)29-21-10-8-15(23)12-18(21)24/h2-6,8,10-13,19,25-26H,7,9H2,1H3. The molecule has 4 rings (SSSR count). The zero-order valence-corrected chi connectivity index (χ0v) is 17.0. The van der Waals surface area contributed by atoms with Crippen LogP contribution in [0.5, 0.6) is 11.5 Å². The van der Waals surface area contributed by atoms with E-state index >= 15 is 0 Å². The molecule has 156 valence electrons. The Labute approximate surface area is 173 Å². The van der Waals surface area contributed by atoms with Crippen LogP contribution in [0.3, 0.4) is 0 Å². The fraction of sp³-hybridized carbons (Fsp3) is 0.182. The zero-order valence-electron chi connectivity index (χ0n) is 16.2. The van der Waals surface area contributed by atoms with Crippen molar-refractivity contribution in [1.29, 1.82) is 0 Å². The van der Waals surface area contributed by atoms with Crippen LogP contribution in [0, 0.1) is 11.6 Å². The van der Waals surface area contributed by atoms with Gasteiger partial charge in [0.2, 0.25) is 10.0 Å². The van der Waals surface area contributed by atoms with Crippen molar-refractivity contribution in [2.75, 3.05) is 16.3 Å². The van der Waals surface area contributed by atoms with Crippen LogP contribution in [0.1, 0.15) is 23.6 Å². The average molecular weight is 430 g/mol. The maximum atomic E-state index is 14.1. The first-order chi connectivity index (χ1) is 14.3. The summed E-state index contributed by atoms with van der Waals surface area (Å²) in [6.07, 6.45) is 2.60. The van der Waals surface area contributed by atoms with Crippen molar-refractivity contribution in [3.05, 3.63) is 83.4 Å². The van der Waals surface area contributed by atoms with Crippen molar-refractivity contribution in [3.8, 4) is 11.5 Å². The molecule has 0 radical (unpaired) electrons. The van der Waals surface area contributed by atoms with Crippen molar-refractivity contribution in [1.82, 2.24) is 0 Å². The van der Waals surface area contributed by atoms with Crippen molar-refractivity contribution in [2.45, 2.75) is 18.9 Å². The van der Waals surface area contributed by atoms with Crippen LogP contribution in [-0.4, -0.2) is 14.7 Å². The van der Waals surface area contributed by atoms with Gasteiger partial charge in [-0.05, 0) is 60.4 Å². The number of halogens is 2. The number of hydrogen-bond donors (Lipinski definition) is 2. The molecule has 0 saturated heterocycles. The second-order valence-corrected chi connectivity index (χ2v) is 8.95. The lowest BCUT2D eigenvalue weighted by atomic mass is 10.1. The number of ether oxygens (including phenoxy) is 1. The molecular formula is C22H20F2N2O3S. The second kappa shape index (κ2) is 7.95. The highest BCUT2D eigenvalue weighted by atomic mass is 32.2. The number of benzene rings is 3. The first kappa shape index (κ1) is 20.2. The molecule has 1 unspecified atom stereocenters. The molecule has 0 aromatic heterocycles. The van der Waals surface area contributed by atoms with Gasteiger partial charge in [0.15, 0.2) is 17.3 Å². The van der Waals surface area contributed by atoms with Crippen LogP contribution >= 0.6 is 0 Å². The van der Waals surface area contributed by atoms with Gasteiger partial charge in [-0.3, -0.25) is 4.72 Å². The number of para-hydroxylation sites is 1. The summed E-state index contributed by atoms with van der Waals surface area (Å²) in [4.78, 5) is 0. The van der Waals surface area contributed by atoms with Gasteiger partial charge in [0.25, 0.3) is 0 Å². The van der Waals surface area contributed by atoms with E-state index in [4.69, 9.17) is 4.74 Å². The van der Waals surface area contributed by atoms with E-state index in [1.54, 1.807) is 12.1 Å². The number of fused-ring (bicyclic) bond motifs is 1. The van der Waals surface area contributed by atoms with Gasteiger partial charge in [-0.15, -0.1) is 0 Å². The highest BCUT2D eigenvalue weighted by molar-refractivity contribution is 7.92. The molecule has 3 aromatic rings. The Kier molecular flexibility index (Phi) is 5.34. The summed E-state index contributed by atoms with van der Waals surface area (Å²) in [6.45, 7) is 0. The van der Waals surface area contributed by atoms with Gasteiger partial charge >= 0.3 is 0 Å². The fourth-order valence-corrected chi connectivity index (χ4v) is 4.12. The summed E-state index contributed by atoms with van der Waals surface area (Å²) < 4.78 is 59.1. The number of aryl methyl sites for hydroxylation is 1. The Hall–Kier alpha value is -3.13. The molecular weight excluding hydrogens is 410 g/mol. The molecule has 0 bridgehead atoms. The average Bonchev–Trinajstić information content (AvgIpc) is 3.05. The van der Waals surface area contributed by atoms with Crippen LogP contribution in [0.4, 0.5) is 20.2 Å². The third kappa shape index (κ3) is 4.54. The van der Waals surface area contributed by atoms with Gasteiger partial charge in [0.1, 0.15) is 5.82 Å². The van der Waals surface area contributed by atoms with E-state index in [1.807, 2.05) is 30.3 Å².